The number of nitrogens with zero attached hydrogens (tertiary/aromatic N) is 3. The van der Waals surface area contributed by atoms with Crippen molar-refractivity contribution in [3.63, 3.8) is 0 Å². The summed E-state index contributed by atoms with van der Waals surface area (Å²) < 4.78 is 2.65. The molecule has 6 heteroatoms. The Morgan fingerprint density at radius 2 is 2.31 bits per heavy atom. The summed E-state index contributed by atoms with van der Waals surface area (Å²) in [6.45, 7) is 0.674. The van der Waals surface area contributed by atoms with Crippen LogP contribution in [0.2, 0.25) is 0 Å². The van der Waals surface area contributed by atoms with Crippen molar-refractivity contribution in [1.82, 2.24) is 19.5 Å². The number of rotatable bonds is 2. The van der Waals surface area contributed by atoms with Gasteiger partial charge in [0.25, 0.3) is 0 Å². The average Bonchev–Trinajstić information content (AvgIpc) is 2.89. The van der Waals surface area contributed by atoms with E-state index < -0.39 is 0 Å². The van der Waals surface area contributed by atoms with Crippen LogP contribution in [-0.2, 0) is 6.54 Å². The molecule has 0 unspecified atom stereocenters. The van der Waals surface area contributed by atoms with Crippen LogP contribution in [0.5, 0.6) is 0 Å². The van der Waals surface area contributed by atoms with Crippen LogP contribution in [0.3, 0.4) is 0 Å². The molecule has 1 N–H and O–H groups in total. The van der Waals surface area contributed by atoms with Gasteiger partial charge in [0.05, 0.1) is 12.1 Å². The summed E-state index contributed by atoms with van der Waals surface area (Å²) in [6, 6.07) is 3.86. The lowest BCUT2D eigenvalue weighted by Crippen LogP contribution is -1.99. The van der Waals surface area contributed by atoms with Crippen molar-refractivity contribution in [2.45, 2.75) is 6.54 Å². The van der Waals surface area contributed by atoms with Gasteiger partial charge in [-0.1, -0.05) is 0 Å². The number of fused-ring (bicyclic) bond motifs is 1. The standard InChI is InChI=1S/C10H8N4S2/c15-10-13-7-2-1-3-12-9(7)14(10)6-8-11-4-5-16-8/h1-5H,6H2,(H,13,15). The second-order valence-electron chi connectivity index (χ2n) is 3.32. The lowest BCUT2D eigenvalue weighted by Gasteiger charge is -1.99. The Hall–Kier alpha value is -1.53. The summed E-state index contributed by atoms with van der Waals surface area (Å²) in [5.41, 5.74) is 1.84. The summed E-state index contributed by atoms with van der Waals surface area (Å²) in [4.78, 5) is 11.7. The summed E-state index contributed by atoms with van der Waals surface area (Å²) in [5, 5.41) is 2.99. The van der Waals surface area contributed by atoms with Gasteiger partial charge in [-0.05, 0) is 24.4 Å². The van der Waals surface area contributed by atoms with Gasteiger partial charge in [-0.3, -0.25) is 4.57 Å². The number of pyridine rings is 1. The van der Waals surface area contributed by atoms with Crippen LogP contribution >= 0.6 is 23.6 Å². The Morgan fingerprint density at radius 3 is 3.12 bits per heavy atom. The number of aromatic nitrogens is 4. The summed E-state index contributed by atoms with van der Waals surface area (Å²) in [5.74, 6) is 0. The van der Waals surface area contributed by atoms with Crippen molar-refractivity contribution < 1.29 is 0 Å². The maximum absolute atomic E-state index is 5.27. The fourth-order valence-corrected chi connectivity index (χ4v) is 2.47. The third-order valence-electron chi connectivity index (χ3n) is 2.31. The zero-order valence-electron chi connectivity index (χ0n) is 8.25. The molecular weight excluding hydrogens is 240 g/mol. The molecule has 0 fully saturated rings. The molecule has 0 radical (unpaired) electrons. The lowest BCUT2D eigenvalue weighted by atomic mass is 10.4. The van der Waals surface area contributed by atoms with Crippen molar-refractivity contribution in [2.24, 2.45) is 0 Å². The van der Waals surface area contributed by atoms with Gasteiger partial charge in [-0.25, -0.2) is 9.97 Å². The van der Waals surface area contributed by atoms with Crippen LogP contribution in [0.15, 0.2) is 29.9 Å². The molecular formula is C10H8N4S2. The number of imidazole rings is 1. The highest BCUT2D eigenvalue weighted by Crippen LogP contribution is 2.14. The molecule has 4 nitrogen and oxygen atoms in total. The largest absolute Gasteiger partial charge is 0.329 e. The van der Waals surface area contributed by atoms with Crippen LogP contribution in [0.4, 0.5) is 0 Å². The van der Waals surface area contributed by atoms with E-state index in [0.29, 0.717) is 11.3 Å². The molecule has 0 aliphatic carbocycles. The summed E-state index contributed by atoms with van der Waals surface area (Å²) in [6.07, 6.45) is 3.56. The lowest BCUT2D eigenvalue weighted by molar-refractivity contribution is 0.794. The highest BCUT2D eigenvalue weighted by molar-refractivity contribution is 7.71. The van der Waals surface area contributed by atoms with E-state index in [1.54, 1.807) is 23.7 Å². The predicted molar refractivity (Wildman–Crippen MR) is 66.1 cm³/mol. The monoisotopic (exact) mass is 248 g/mol. The van der Waals surface area contributed by atoms with E-state index in [9.17, 15) is 0 Å². The number of hydrogen-bond acceptors (Lipinski definition) is 4. The molecule has 0 saturated heterocycles. The maximum Gasteiger partial charge on any atom is 0.179 e. The minimum absolute atomic E-state index is 0.674. The van der Waals surface area contributed by atoms with E-state index in [1.807, 2.05) is 22.1 Å². The van der Waals surface area contributed by atoms with Crippen molar-refractivity contribution in [3.8, 4) is 0 Å². The molecule has 0 aromatic carbocycles. The van der Waals surface area contributed by atoms with Gasteiger partial charge in [0.2, 0.25) is 0 Å². The zero-order chi connectivity index (χ0) is 11.0. The molecule has 0 atom stereocenters. The number of nitrogens with one attached hydrogen (secondary N) is 1. The molecule has 0 aliphatic heterocycles. The minimum Gasteiger partial charge on any atom is -0.329 e. The molecule has 80 valence electrons. The van der Waals surface area contributed by atoms with Crippen molar-refractivity contribution in [3.05, 3.63) is 39.7 Å². The maximum atomic E-state index is 5.27. The second kappa shape index (κ2) is 3.80. The normalized spacial score (nSPS) is 11.0. The first-order chi connectivity index (χ1) is 7.84. The minimum atomic E-state index is 0.674. The zero-order valence-corrected chi connectivity index (χ0v) is 9.88. The molecule has 0 spiro atoms. The molecule has 3 rings (SSSR count). The van der Waals surface area contributed by atoms with Crippen LogP contribution in [-0.4, -0.2) is 19.5 Å². The SMILES string of the molecule is S=c1[nH]c2cccnc2n1Cc1nccs1. The third-order valence-corrected chi connectivity index (χ3v) is 3.39. The van der Waals surface area contributed by atoms with E-state index in [2.05, 4.69) is 15.0 Å². The molecule has 3 aromatic heterocycles. The molecule has 3 heterocycles. The number of H-pyrrole nitrogens is 1. The quantitative estimate of drug-likeness (QED) is 0.709. The Morgan fingerprint density at radius 1 is 1.38 bits per heavy atom. The smallest absolute Gasteiger partial charge is 0.179 e. The molecule has 16 heavy (non-hydrogen) atoms. The first-order valence-corrected chi connectivity index (χ1v) is 6.05. The van der Waals surface area contributed by atoms with Gasteiger partial charge >= 0.3 is 0 Å². The van der Waals surface area contributed by atoms with Gasteiger partial charge in [-0.2, -0.15) is 0 Å². The molecule has 0 amide bonds. The Balaban J connectivity index is 2.16. The van der Waals surface area contributed by atoms with E-state index in [4.69, 9.17) is 12.2 Å². The van der Waals surface area contributed by atoms with Crippen LogP contribution in [0.25, 0.3) is 11.2 Å². The van der Waals surface area contributed by atoms with E-state index in [-0.39, 0.29) is 0 Å². The second-order valence-corrected chi connectivity index (χ2v) is 4.68. The fourth-order valence-electron chi connectivity index (χ4n) is 1.60. The summed E-state index contributed by atoms with van der Waals surface area (Å²) >= 11 is 6.89. The first kappa shape index (κ1) is 9.68. The average molecular weight is 248 g/mol. The Bertz CT molecular complexity index is 666. The van der Waals surface area contributed by atoms with Crippen LogP contribution < -0.4 is 0 Å². The number of aromatic amines is 1. The van der Waals surface area contributed by atoms with E-state index in [1.165, 1.54) is 0 Å². The Kier molecular flexibility index (Phi) is 2.30. The van der Waals surface area contributed by atoms with Gasteiger partial charge in [0.1, 0.15) is 5.01 Å². The van der Waals surface area contributed by atoms with Gasteiger partial charge in [0.15, 0.2) is 10.4 Å². The fraction of sp³-hybridized carbons (Fsp3) is 0.100. The number of thiazole rings is 1. The molecule has 3 aromatic rings. The van der Waals surface area contributed by atoms with E-state index >= 15 is 0 Å². The van der Waals surface area contributed by atoms with Crippen LogP contribution in [0, 0.1) is 4.77 Å². The highest BCUT2D eigenvalue weighted by atomic mass is 32.1. The molecule has 0 bridgehead atoms. The first-order valence-electron chi connectivity index (χ1n) is 4.76. The topological polar surface area (TPSA) is 46.5 Å². The van der Waals surface area contributed by atoms with Gasteiger partial charge in [0, 0.05) is 17.8 Å². The van der Waals surface area contributed by atoms with Gasteiger partial charge < -0.3 is 4.98 Å². The Labute approximate surface area is 101 Å². The van der Waals surface area contributed by atoms with E-state index in [0.717, 1.165) is 16.2 Å². The van der Waals surface area contributed by atoms with Crippen molar-refractivity contribution in [2.75, 3.05) is 0 Å². The van der Waals surface area contributed by atoms with Gasteiger partial charge in [-0.15, -0.1) is 11.3 Å². The molecule has 0 aliphatic rings. The van der Waals surface area contributed by atoms with Crippen LogP contribution in [0.1, 0.15) is 5.01 Å². The third kappa shape index (κ3) is 1.56. The van der Waals surface area contributed by atoms with Crippen molar-refractivity contribution >= 4 is 34.7 Å². The highest BCUT2D eigenvalue weighted by Gasteiger charge is 2.06. The summed E-state index contributed by atoms with van der Waals surface area (Å²) in [7, 11) is 0. The predicted octanol–water partition coefficient (Wildman–Crippen LogP) is 2.60. The molecule has 0 saturated carbocycles. The van der Waals surface area contributed by atoms with Crippen molar-refractivity contribution in [1.29, 1.82) is 0 Å². The number of hydrogen-bond donors (Lipinski definition) is 1.